The molecule has 1 aliphatic heterocycles. The summed E-state index contributed by atoms with van der Waals surface area (Å²) in [6.07, 6.45) is 3.50. The second-order valence-electron chi connectivity index (χ2n) is 8.46. The summed E-state index contributed by atoms with van der Waals surface area (Å²) >= 11 is 1.46. The fraction of sp³-hybridized carbons (Fsp3) is 0.722. The molecule has 1 aromatic rings. The average molecular weight is 334 g/mol. The van der Waals surface area contributed by atoms with Gasteiger partial charge in [-0.1, -0.05) is 32.5 Å². The van der Waals surface area contributed by atoms with Crippen LogP contribution >= 0.6 is 11.8 Å². The Hall–Kier alpha value is -1.10. The number of rotatable bonds is 3. The van der Waals surface area contributed by atoms with E-state index < -0.39 is 0 Å². The lowest BCUT2D eigenvalue weighted by Gasteiger charge is -2.39. The summed E-state index contributed by atoms with van der Waals surface area (Å²) in [6.45, 7) is 11.9. The monoisotopic (exact) mass is 333 g/mol. The van der Waals surface area contributed by atoms with Crippen molar-refractivity contribution in [3.8, 4) is 0 Å². The number of likely N-dealkylation sites (tertiary alicyclic amines) is 1. The zero-order chi connectivity index (χ0) is 16.8. The molecule has 1 saturated heterocycles. The Morgan fingerprint density at radius 1 is 1.26 bits per heavy atom. The van der Waals surface area contributed by atoms with Gasteiger partial charge in [-0.25, -0.2) is 9.97 Å². The van der Waals surface area contributed by atoms with E-state index in [0.717, 1.165) is 30.8 Å². The van der Waals surface area contributed by atoms with Crippen LogP contribution in [0.25, 0.3) is 0 Å². The maximum absolute atomic E-state index is 12.7. The molecule has 2 aliphatic rings. The Kier molecular flexibility index (Phi) is 4.20. The third kappa shape index (κ3) is 3.70. The number of hydrogen-bond donors (Lipinski definition) is 0. The van der Waals surface area contributed by atoms with Gasteiger partial charge in [0.1, 0.15) is 0 Å². The molecule has 2 bridgehead atoms. The van der Waals surface area contributed by atoms with Crippen molar-refractivity contribution in [2.75, 3.05) is 12.3 Å². The second kappa shape index (κ2) is 5.76. The van der Waals surface area contributed by atoms with E-state index in [1.807, 2.05) is 19.9 Å². The third-order valence-corrected chi connectivity index (χ3v) is 5.85. The molecule has 0 aromatic carbocycles. The van der Waals surface area contributed by atoms with Crippen molar-refractivity contribution >= 4 is 17.7 Å². The SMILES string of the molecule is Cc1cc(C)nc(SCC(=O)N2CC3(C)CC2CC(C)(C)C3)n1. The van der Waals surface area contributed by atoms with Crippen LogP contribution in [0, 0.1) is 24.7 Å². The van der Waals surface area contributed by atoms with Crippen LogP contribution in [0.1, 0.15) is 51.4 Å². The Bertz CT molecular complexity index is 610. The van der Waals surface area contributed by atoms with Gasteiger partial charge in [0.25, 0.3) is 0 Å². The number of thioether (sulfide) groups is 1. The van der Waals surface area contributed by atoms with E-state index in [2.05, 4.69) is 35.6 Å². The molecular formula is C18H27N3OS. The molecule has 0 N–H and O–H groups in total. The second-order valence-corrected chi connectivity index (χ2v) is 9.40. The number of carbonyl (C=O) groups is 1. The van der Waals surface area contributed by atoms with Crippen molar-refractivity contribution in [3.63, 3.8) is 0 Å². The highest BCUT2D eigenvalue weighted by Crippen LogP contribution is 2.52. The predicted molar refractivity (Wildman–Crippen MR) is 93.5 cm³/mol. The molecule has 4 nitrogen and oxygen atoms in total. The first-order valence-electron chi connectivity index (χ1n) is 8.40. The van der Waals surface area contributed by atoms with E-state index in [1.54, 1.807) is 0 Å². The topological polar surface area (TPSA) is 46.1 Å². The van der Waals surface area contributed by atoms with Crippen molar-refractivity contribution in [1.29, 1.82) is 0 Å². The van der Waals surface area contributed by atoms with Crippen molar-refractivity contribution < 1.29 is 4.79 Å². The maximum atomic E-state index is 12.7. The van der Waals surface area contributed by atoms with Crippen LogP contribution in [-0.4, -0.2) is 39.1 Å². The number of nitrogens with zero attached hydrogens (tertiary/aromatic N) is 3. The molecule has 2 heterocycles. The minimum Gasteiger partial charge on any atom is -0.338 e. The van der Waals surface area contributed by atoms with Crippen LogP contribution in [0.5, 0.6) is 0 Å². The lowest BCUT2D eigenvalue weighted by atomic mass is 9.65. The van der Waals surface area contributed by atoms with Gasteiger partial charge in [0, 0.05) is 24.0 Å². The normalized spacial score (nSPS) is 28.9. The van der Waals surface area contributed by atoms with Crippen LogP contribution in [0.3, 0.4) is 0 Å². The molecule has 0 spiro atoms. The molecule has 126 valence electrons. The highest BCUT2D eigenvalue weighted by molar-refractivity contribution is 7.99. The summed E-state index contributed by atoms with van der Waals surface area (Å²) in [5, 5.41) is 0.713. The molecule has 23 heavy (non-hydrogen) atoms. The standard InChI is InChI=1S/C18H27N3OS/c1-12-6-13(2)20-16(19-12)23-9-15(22)21-11-18(5)8-14(21)7-17(3,4)10-18/h6,14H,7-11H2,1-5H3. The van der Waals surface area contributed by atoms with Gasteiger partial charge in [0.05, 0.1) is 5.75 Å². The van der Waals surface area contributed by atoms with E-state index in [1.165, 1.54) is 18.2 Å². The van der Waals surface area contributed by atoms with E-state index >= 15 is 0 Å². The maximum Gasteiger partial charge on any atom is 0.233 e. The number of aromatic nitrogens is 2. The van der Waals surface area contributed by atoms with Crippen molar-refractivity contribution in [2.24, 2.45) is 10.8 Å². The van der Waals surface area contributed by atoms with E-state index in [4.69, 9.17) is 0 Å². The van der Waals surface area contributed by atoms with Gasteiger partial charge in [-0.05, 0) is 50.0 Å². The van der Waals surface area contributed by atoms with Gasteiger partial charge < -0.3 is 4.90 Å². The molecule has 5 heteroatoms. The molecule has 2 unspecified atom stereocenters. The van der Waals surface area contributed by atoms with Gasteiger partial charge in [-0.3, -0.25) is 4.79 Å². The van der Waals surface area contributed by atoms with E-state index in [9.17, 15) is 4.79 Å². The van der Waals surface area contributed by atoms with Crippen LogP contribution in [0.4, 0.5) is 0 Å². The molecule has 1 saturated carbocycles. The highest BCUT2D eigenvalue weighted by atomic mass is 32.2. The summed E-state index contributed by atoms with van der Waals surface area (Å²) in [5.41, 5.74) is 2.55. The Balaban J connectivity index is 1.65. The summed E-state index contributed by atoms with van der Waals surface area (Å²) in [5.74, 6) is 0.680. The van der Waals surface area contributed by atoms with Gasteiger partial charge in [0.2, 0.25) is 5.91 Å². The predicted octanol–water partition coefficient (Wildman–Crippen LogP) is 3.61. The Morgan fingerprint density at radius 3 is 2.57 bits per heavy atom. The fourth-order valence-corrected chi connectivity index (χ4v) is 5.55. The highest BCUT2D eigenvalue weighted by Gasteiger charge is 2.50. The molecule has 1 aliphatic carbocycles. The van der Waals surface area contributed by atoms with Crippen LogP contribution < -0.4 is 0 Å². The van der Waals surface area contributed by atoms with Gasteiger partial charge in [-0.15, -0.1) is 0 Å². The van der Waals surface area contributed by atoms with Crippen LogP contribution in [-0.2, 0) is 4.79 Å². The zero-order valence-corrected chi connectivity index (χ0v) is 15.7. The molecule has 1 aromatic heterocycles. The smallest absolute Gasteiger partial charge is 0.233 e. The molecule has 1 amide bonds. The minimum atomic E-state index is 0.240. The fourth-order valence-electron chi connectivity index (χ4n) is 4.72. The quantitative estimate of drug-likeness (QED) is 0.626. The number of carbonyl (C=O) groups excluding carboxylic acids is 1. The largest absolute Gasteiger partial charge is 0.338 e. The first-order valence-corrected chi connectivity index (χ1v) is 9.39. The number of amides is 1. The average Bonchev–Trinajstić information content (AvgIpc) is 2.64. The number of aryl methyl sites for hydroxylation is 2. The van der Waals surface area contributed by atoms with Crippen molar-refractivity contribution in [3.05, 3.63) is 17.5 Å². The van der Waals surface area contributed by atoms with Gasteiger partial charge in [-0.2, -0.15) is 0 Å². The Labute approximate surface area is 143 Å². The lowest BCUT2D eigenvalue weighted by molar-refractivity contribution is -0.129. The molecular weight excluding hydrogens is 306 g/mol. The van der Waals surface area contributed by atoms with Gasteiger partial charge in [0.15, 0.2) is 5.16 Å². The first-order chi connectivity index (χ1) is 10.7. The van der Waals surface area contributed by atoms with Crippen molar-refractivity contribution in [2.45, 2.75) is 65.1 Å². The summed E-state index contributed by atoms with van der Waals surface area (Å²) in [4.78, 5) is 23.7. The van der Waals surface area contributed by atoms with Crippen LogP contribution in [0.15, 0.2) is 11.2 Å². The molecule has 0 radical (unpaired) electrons. The first kappa shape index (κ1) is 16.7. The van der Waals surface area contributed by atoms with Crippen molar-refractivity contribution in [1.82, 2.24) is 14.9 Å². The minimum absolute atomic E-state index is 0.240. The number of fused-ring (bicyclic) bond motifs is 2. The van der Waals surface area contributed by atoms with Crippen LogP contribution in [0.2, 0.25) is 0 Å². The van der Waals surface area contributed by atoms with E-state index in [-0.39, 0.29) is 5.91 Å². The lowest BCUT2D eigenvalue weighted by Crippen LogP contribution is -2.38. The van der Waals surface area contributed by atoms with E-state index in [0.29, 0.717) is 27.8 Å². The summed E-state index contributed by atoms with van der Waals surface area (Å²) < 4.78 is 0. The number of hydrogen-bond acceptors (Lipinski definition) is 4. The Morgan fingerprint density at radius 2 is 1.91 bits per heavy atom. The third-order valence-electron chi connectivity index (χ3n) is 5.02. The summed E-state index contributed by atoms with van der Waals surface area (Å²) in [7, 11) is 0. The molecule has 2 fully saturated rings. The molecule has 2 atom stereocenters. The van der Waals surface area contributed by atoms with Gasteiger partial charge >= 0.3 is 0 Å². The summed E-state index contributed by atoms with van der Waals surface area (Å²) in [6, 6.07) is 2.37. The zero-order valence-electron chi connectivity index (χ0n) is 14.8. The molecule has 3 rings (SSSR count).